The zero-order chi connectivity index (χ0) is 13.7. The number of ether oxygens (including phenoxy) is 1. The zero-order valence-electron chi connectivity index (χ0n) is 11.6. The van der Waals surface area contributed by atoms with Crippen LogP contribution < -0.4 is 10.1 Å². The summed E-state index contributed by atoms with van der Waals surface area (Å²) in [6.45, 7) is 4.19. The average Bonchev–Trinajstić information content (AvgIpc) is 2.47. The standard InChI is InChI=1S/C15H19N3O/c1-4-13-9-15(17-10-16-13)18-11(2)12-5-7-14(19-3)8-6-12/h5-11H,4H2,1-3H3,(H,16,17,18). The van der Waals surface area contributed by atoms with Crippen LogP contribution >= 0.6 is 0 Å². The average molecular weight is 257 g/mol. The lowest BCUT2D eigenvalue weighted by Gasteiger charge is -2.15. The lowest BCUT2D eigenvalue weighted by molar-refractivity contribution is 0.414. The fourth-order valence-electron chi connectivity index (χ4n) is 1.87. The van der Waals surface area contributed by atoms with Crippen molar-refractivity contribution in [3.8, 4) is 5.75 Å². The Morgan fingerprint density at radius 2 is 1.95 bits per heavy atom. The molecule has 1 atom stereocenters. The molecule has 1 aromatic heterocycles. The van der Waals surface area contributed by atoms with Crippen LogP contribution in [0, 0.1) is 0 Å². The number of hydrogen-bond donors (Lipinski definition) is 1. The van der Waals surface area contributed by atoms with Crippen molar-refractivity contribution < 1.29 is 4.74 Å². The summed E-state index contributed by atoms with van der Waals surface area (Å²) in [4.78, 5) is 8.43. The molecule has 1 N–H and O–H groups in total. The molecule has 0 amide bonds. The first kappa shape index (κ1) is 13.3. The number of hydrogen-bond acceptors (Lipinski definition) is 4. The number of nitrogens with one attached hydrogen (secondary N) is 1. The topological polar surface area (TPSA) is 47.0 Å². The van der Waals surface area contributed by atoms with Crippen molar-refractivity contribution in [1.29, 1.82) is 0 Å². The molecule has 0 saturated carbocycles. The van der Waals surface area contributed by atoms with Crippen LogP contribution in [-0.4, -0.2) is 17.1 Å². The van der Waals surface area contributed by atoms with Crippen LogP contribution in [0.2, 0.25) is 0 Å². The summed E-state index contributed by atoms with van der Waals surface area (Å²) in [7, 11) is 1.67. The van der Waals surface area contributed by atoms with E-state index in [0.717, 1.165) is 23.7 Å². The lowest BCUT2D eigenvalue weighted by atomic mass is 10.1. The first-order valence-electron chi connectivity index (χ1n) is 6.44. The lowest BCUT2D eigenvalue weighted by Crippen LogP contribution is -2.08. The molecule has 0 aliphatic carbocycles. The van der Waals surface area contributed by atoms with Gasteiger partial charge in [0.2, 0.25) is 0 Å². The Morgan fingerprint density at radius 1 is 1.21 bits per heavy atom. The summed E-state index contributed by atoms with van der Waals surface area (Å²) in [6, 6.07) is 10.2. The second-order valence-corrected chi connectivity index (χ2v) is 4.39. The zero-order valence-corrected chi connectivity index (χ0v) is 11.6. The minimum atomic E-state index is 0.186. The van der Waals surface area contributed by atoms with E-state index in [-0.39, 0.29) is 6.04 Å². The van der Waals surface area contributed by atoms with Gasteiger partial charge in [0, 0.05) is 17.8 Å². The van der Waals surface area contributed by atoms with E-state index in [1.165, 1.54) is 5.56 Å². The fourth-order valence-corrected chi connectivity index (χ4v) is 1.87. The van der Waals surface area contributed by atoms with Crippen molar-refractivity contribution >= 4 is 5.82 Å². The maximum Gasteiger partial charge on any atom is 0.130 e. The van der Waals surface area contributed by atoms with Crippen LogP contribution in [-0.2, 0) is 6.42 Å². The number of rotatable bonds is 5. The summed E-state index contributed by atoms with van der Waals surface area (Å²) in [5.41, 5.74) is 2.23. The molecule has 0 spiro atoms. The van der Waals surface area contributed by atoms with E-state index in [2.05, 4.69) is 41.3 Å². The Bertz CT molecular complexity index is 525. The minimum absolute atomic E-state index is 0.186. The number of aromatic nitrogens is 2. The van der Waals surface area contributed by atoms with Gasteiger partial charge in [-0.25, -0.2) is 9.97 Å². The monoisotopic (exact) mass is 257 g/mol. The third kappa shape index (κ3) is 3.44. The molecular weight excluding hydrogens is 238 g/mol. The molecule has 1 unspecified atom stereocenters. The van der Waals surface area contributed by atoms with Gasteiger partial charge in [0.1, 0.15) is 17.9 Å². The van der Waals surface area contributed by atoms with Gasteiger partial charge in [-0.15, -0.1) is 0 Å². The SMILES string of the molecule is CCc1cc(NC(C)c2ccc(OC)cc2)ncn1. The highest BCUT2D eigenvalue weighted by molar-refractivity contribution is 5.39. The molecule has 0 saturated heterocycles. The number of aryl methyl sites for hydroxylation is 1. The van der Waals surface area contributed by atoms with Crippen molar-refractivity contribution in [2.75, 3.05) is 12.4 Å². The minimum Gasteiger partial charge on any atom is -0.497 e. The van der Waals surface area contributed by atoms with E-state index in [4.69, 9.17) is 4.74 Å². The molecule has 0 aliphatic rings. The van der Waals surface area contributed by atoms with Crippen LogP contribution in [0.4, 0.5) is 5.82 Å². The fraction of sp³-hybridized carbons (Fsp3) is 0.333. The van der Waals surface area contributed by atoms with Gasteiger partial charge >= 0.3 is 0 Å². The summed E-state index contributed by atoms with van der Waals surface area (Å²) in [6.07, 6.45) is 2.51. The predicted octanol–water partition coefficient (Wildman–Crippen LogP) is 3.22. The van der Waals surface area contributed by atoms with E-state index >= 15 is 0 Å². The summed E-state index contributed by atoms with van der Waals surface area (Å²) in [5, 5.41) is 3.38. The first-order chi connectivity index (χ1) is 9.22. The van der Waals surface area contributed by atoms with Gasteiger partial charge in [-0.3, -0.25) is 0 Å². The number of benzene rings is 1. The third-order valence-electron chi connectivity index (χ3n) is 3.07. The van der Waals surface area contributed by atoms with Gasteiger partial charge in [-0.1, -0.05) is 19.1 Å². The molecule has 4 heteroatoms. The van der Waals surface area contributed by atoms with Crippen molar-refractivity contribution in [3.63, 3.8) is 0 Å². The van der Waals surface area contributed by atoms with E-state index in [9.17, 15) is 0 Å². The Balaban J connectivity index is 2.08. The second-order valence-electron chi connectivity index (χ2n) is 4.39. The van der Waals surface area contributed by atoms with Gasteiger partial charge in [0.25, 0.3) is 0 Å². The maximum absolute atomic E-state index is 5.16. The molecule has 19 heavy (non-hydrogen) atoms. The first-order valence-corrected chi connectivity index (χ1v) is 6.44. The molecule has 100 valence electrons. The molecule has 0 bridgehead atoms. The molecule has 2 aromatic rings. The predicted molar refractivity (Wildman–Crippen MR) is 76.4 cm³/mol. The Labute approximate surface area is 113 Å². The van der Waals surface area contributed by atoms with Crippen LogP contribution in [0.5, 0.6) is 5.75 Å². The van der Waals surface area contributed by atoms with Crippen molar-refractivity contribution in [2.45, 2.75) is 26.3 Å². The molecular formula is C15H19N3O. The molecule has 2 rings (SSSR count). The summed E-state index contributed by atoms with van der Waals surface area (Å²) < 4.78 is 5.16. The van der Waals surface area contributed by atoms with E-state index in [1.54, 1.807) is 13.4 Å². The molecule has 1 aromatic carbocycles. The Morgan fingerprint density at radius 3 is 2.58 bits per heavy atom. The normalized spacial score (nSPS) is 11.9. The van der Waals surface area contributed by atoms with Crippen molar-refractivity contribution in [3.05, 3.63) is 47.9 Å². The molecule has 4 nitrogen and oxygen atoms in total. The molecule has 0 fully saturated rings. The van der Waals surface area contributed by atoms with Gasteiger partial charge < -0.3 is 10.1 Å². The number of methoxy groups -OCH3 is 1. The highest BCUT2D eigenvalue weighted by Gasteiger charge is 2.06. The van der Waals surface area contributed by atoms with Gasteiger partial charge in [-0.05, 0) is 31.0 Å². The van der Waals surface area contributed by atoms with Crippen LogP contribution in [0.15, 0.2) is 36.7 Å². The van der Waals surface area contributed by atoms with E-state index in [1.807, 2.05) is 18.2 Å². The maximum atomic E-state index is 5.16. The van der Waals surface area contributed by atoms with Gasteiger partial charge in [-0.2, -0.15) is 0 Å². The van der Waals surface area contributed by atoms with Gasteiger partial charge in [0.15, 0.2) is 0 Å². The smallest absolute Gasteiger partial charge is 0.130 e. The van der Waals surface area contributed by atoms with Crippen molar-refractivity contribution in [1.82, 2.24) is 9.97 Å². The summed E-state index contributed by atoms with van der Waals surface area (Å²) >= 11 is 0. The second kappa shape index (κ2) is 6.18. The van der Waals surface area contributed by atoms with Gasteiger partial charge in [0.05, 0.1) is 7.11 Å². The largest absolute Gasteiger partial charge is 0.497 e. The van der Waals surface area contributed by atoms with Crippen LogP contribution in [0.1, 0.15) is 31.1 Å². The molecule has 1 heterocycles. The van der Waals surface area contributed by atoms with Crippen molar-refractivity contribution in [2.24, 2.45) is 0 Å². The third-order valence-corrected chi connectivity index (χ3v) is 3.07. The quantitative estimate of drug-likeness (QED) is 0.893. The molecule has 0 radical (unpaired) electrons. The Kier molecular flexibility index (Phi) is 4.34. The van der Waals surface area contributed by atoms with E-state index in [0.29, 0.717) is 0 Å². The number of anilines is 1. The van der Waals surface area contributed by atoms with Crippen LogP contribution in [0.3, 0.4) is 0 Å². The van der Waals surface area contributed by atoms with E-state index < -0.39 is 0 Å². The molecule has 0 aliphatic heterocycles. The highest BCUT2D eigenvalue weighted by Crippen LogP contribution is 2.20. The van der Waals surface area contributed by atoms with Crippen LogP contribution in [0.25, 0.3) is 0 Å². The number of nitrogens with zero attached hydrogens (tertiary/aromatic N) is 2. The highest BCUT2D eigenvalue weighted by atomic mass is 16.5. The Hall–Kier alpha value is -2.10. The summed E-state index contributed by atoms with van der Waals surface area (Å²) in [5.74, 6) is 1.72.